The highest BCUT2D eigenvalue weighted by Crippen LogP contribution is 2.21. The maximum absolute atomic E-state index is 5.39. The summed E-state index contributed by atoms with van der Waals surface area (Å²) in [4.78, 5) is 8.73. The van der Waals surface area contributed by atoms with E-state index in [2.05, 4.69) is 28.1 Å². The van der Waals surface area contributed by atoms with Crippen LogP contribution >= 0.6 is 0 Å². The summed E-state index contributed by atoms with van der Waals surface area (Å²) in [6.07, 6.45) is 7.00. The van der Waals surface area contributed by atoms with Gasteiger partial charge >= 0.3 is 0 Å². The van der Waals surface area contributed by atoms with Gasteiger partial charge in [0.2, 0.25) is 5.88 Å². The lowest BCUT2D eigenvalue weighted by Crippen LogP contribution is -2.07. The smallest absolute Gasteiger partial charge is 0.222 e. The van der Waals surface area contributed by atoms with Gasteiger partial charge in [0.25, 0.3) is 0 Å². The van der Waals surface area contributed by atoms with Crippen molar-refractivity contribution in [3.8, 4) is 18.2 Å². The van der Waals surface area contributed by atoms with Gasteiger partial charge in [-0.1, -0.05) is 12.8 Å². The average molecular weight is 219 g/mol. The van der Waals surface area contributed by atoms with E-state index in [1.165, 1.54) is 0 Å². The number of ether oxygens (including phenoxy) is 1. The molecule has 0 fully saturated rings. The fourth-order valence-corrected chi connectivity index (χ4v) is 1.37. The first-order valence-electron chi connectivity index (χ1n) is 5.34. The molecule has 0 spiro atoms. The molecule has 0 aliphatic rings. The standard InChI is InChI=1S/C12H17N3O/c1-5-7-10-14-11(13-4)9(3)12(15-10)16-8-6-2/h2H,5,7-8H2,1,3-4H3,(H,13,14,15). The zero-order valence-corrected chi connectivity index (χ0v) is 10.0. The van der Waals surface area contributed by atoms with Crippen LogP contribution in [0.2, 0.25) is 0 Å². The molecule has 1 heterocycles. The first-order valence-corrected chi connectivity index (χ1v) is 5.34. The monoisotopic (exact) mass is 219 g/mol. The minimum Gasteiger partial charge on any atom is -0.464 e. The number of nitrogens with zero attached hydrogens (tertiary/aromatic N) is 2. The van der Waals surface area contributed by atoms with E-state index in [9.17, 15) is 0 Å². The summed E-state index contributed by atoms with van der Waals surface area (Å²) in [5.74, 6) is 4.58. The molecule has 1 N–H and O–H groups in total. The van der Waals surface area contributed by atoms with Gasteiger partial charge in [0.15, 0.2) is 6.61 Å². The minimum atomic E-state index is 0.229. The van der Waals surface area contributed by atoms with Gasteiger partial charge in [-0.25, -0.2) is 4.98 Å². The van der Waals surface area contributed by atoms with Crippen LogP contribution in [0.25, 0.3) is 0 Å². The van der Waals surface area contributed by atoms with Gasteiger partial charge in [-0.2, -0.15) is 4.98 Å². The third-order valence-electron chi connectivity index (χ3n) is 2.15. The van der Waals surface area contributed by atoms with Crippen molar-refractivity contribution in [2.75, 3.05) is 19.0 Å². The van der Waals surface area contributed by atoms with Crippen LogP contribution in [0, 0.1) is 19.3 Å². The number of anilines is 1. The van der Waals surface area contributed by atoms with Crippen LogP contribution in [-0.2, 0) is 6.42 Å². The van der Waals surface area contributed by atoms with Crippen LogP contribution in [0.3, 0.4) is 0 Å². The first-order chi connectivity index (χ1) is 7.72. The van der Waals surface area contributed by atoms with Crippen molar-refractivity contribution in [3.05, 3.63) is 11.4 Å². The molecule has 0 atom stereocenters. The van der Waals surface area contributed by atoms with Crippen LogP contribution in [-0.4, -0.2) is 23.6 Å². The Morgan fingerprint density at radius 2 is 2.19 bits per heavy atom. The summed E-state index contributed by atoms with van der Waals surface area (Å²) < 4.78 is 5.39. The fourth-order valence-electron chi connectivity index (χ4n) is 1.37. The molecule has 1 aromatic heterocycles. The van der Waals surface area contributed by atoms with Gasteiger partial charge in [-0.3, -0.25) is 0 Å². The Morgan fingerprint density at radius 1 is 1.44 bits per heavy atom. The molecule has 0 aromatic carbocycles. The van der Waals surface area contributed by atoms with E-state index in [-0.39, 0.29) is 6.61 Å². The Bertz CT molecular complexity index is 396. The lowest BCUT2D eigenvalue weighted by molar-refractivity contribution is 0.350. The van der Waals surface area contributed by atoms with E-state index >= 15 is 0 Å². The Hall–Kier alpha value is -1.76. The average Bonchev–Trinajstić information content (AvgIpc) is 2.29. The molecule has 16 heavy (non-hydrogen) atoms. The van der Waals surface area contributed by atoms with Crippen molar-refractivity contribution in [2.24, 2.45) is 0 Å². The van der Waals surface area contributed by atoms with Crippen LogP contribution < -0.4 is 10.1 Å². The molecule has 0 radical (unpaired) electrons. The highest BCUT2D eigenvalue weighted by Gasteiger charge is 2.10. The highest BCUT2D eigenvalue weighted by atomic mass is 16.5. The second kappa shape index (κ2) is 5.96. The first kappa shape index (κ1) is 12.3. The van der Waals surface area contributed by atoms with Gasteiger partial charge in [-0.05, 0) is 13.3 Å². The third kappa shape index (κ3) is 2.86. The molecule has 0 aliphatic heterocycles. The van der Waals surface area contributed by atoms with Crippen molar-refractivity contribution < 1.29 is 4.74 Å². The summed E-state index contributed by atoms with van der Waals surface area (Å²) in [5.41, 5.74) is 0.887. The Labute approximate surface area is 96.5 Å². The second-order valence-corrected chi connectivity index (χ2v) is 3.41. The lowest BCUT2D eigenvalue weighted by atomic mass is 10.3. The van der Waals surface area contributed by atoms with Gasteiger partial charge < -0.3 is 10.1 Å². The van der Waals surface area contributed by atoms with Crippen LogP contribution in [0.5, 0.6) is 5.88 Å². The number of hydrogen-bond acceptors (Lipinski definition) is 4. The largest absolute Gasteiger partial charge is 0.464 e. The molecule has 4 heteroatoms. The van der Waals surface area contributed by atoms with E-state index in [0.29, 0.717) is 5.88 Å². The molecular formula is C12H17N3O. The molecule has 1 aromatic rings. The maximum atomic E-state index is 5.39. The summed E-state index contributed by atoms with van der Waals surface area (Å²) in [5, 5.41) is 3.03. The van der Waals surface area contributed by atoms with Gasteiger partial charge in [0.05, 0.1) is 5.56 Å². The third-order valence-corrected chi connectivity index (χ3v) is 2.15. The highest BCUT2D eigenvalue weighted by molar-refractivity contribution is 5.48. The topological polar surface area (TPSA) is 47.0 Å². The zero-order chi connectivity index (χ0) is 12.0. The summed E-state index contributed by atoms with van der Waals surface area (Å²) in [6.45, 7) is 4.23. The molecular weight excluding hydrogens is 202 g/mol. The lowest BCUT2D eigenvalue weighted by Gasteiger charge is -2.11. The Balaban J connectivity index is 3.04. The predicted octanol–water partition coefficient (Wildman–Crippen LogP) is 1.79. The quantitative estimate of drug-likeness (QED) is 0.767. The number of nitrogens with one attached hydrogen (secondary N) is 1. The number of aryl methyl sites for hydroxylation is 1. The fraction of sp³-hybridized carbons (Fsp3) is 0.500. The number of rotatable bonds is 5. The van der Waals surface area contributed by atoms with Crippen LogP contribution in [0.1, 0.15) is 24.7 Å². The van der Waals surface area contributed by atoms with Crippen molar-refractivity contribution in [1.82, 2.24) is 9.97 Å². The van der Waals surface area contributed by atoms with E-state index in [1.54, 1.807) is 0 Å². The van der Waals surface area contributed by atoms with E-state index < -0.39 is 0 Å². The van der Waals surface area contributed by atoms with Crippen molar-refractivity contribution in [2.45, 2.75) is 26.7 Å². The Morgan fingerprint density at radius 3 is 2.75 bits per heavy atom. The molecule has 0 amide bonds. The van der Waals surface area contributed by atoms with Crippen molar-refractivity contribution >= 4 is 5.82 Å². The molecule has 0 aliphatic carbocycles. The molecule has 0 saturated heterocycles. The summed E-state index contributed by atoms with van der Waals surface area (Å²) >= 11 is 0. The van der Waals surface area contributed by atoms with Gasteiger partial charge in [-0.15, -0.1) is 6.42 Å². The van der Waals surface area contributed by atoms with E-state index in [1.807, 2.05) is 14.0 Å². The molecule has 1 rings (SSSR count). The maximum Gasteiger partial charge on any atom is 0.222 e. The van der Waals surface area contributed by atoms with Crippen LogP contribution in [0.15, 0.2) is 0 Å². The zero-order valence-electron chi connectivity index (χ0n) is 10.0. The normalized spacial score (nSPS) is 9.62. The van der Waals surface area contributed by atoms with Crippen molar-refractivity contribution in [1.29, 1.82) is 0 Å². The van der Waals surface area contributed by atoms with Crippen LogP contribution in [0.4, 0.5) is 5.82 Å². The summed E-state index contributed by atoms with van der Waals surface area (Å²) in [7, 11) is 1.83. The number of hydrogen-bond donors (Lipinski definition) is 1. The Kier molecular flexibility index (Phi) is 4.59. The molecule has 0 unspecified atom stereocenters. The number of terminal acetylenes is 1. The van der Waals surface area contributed by atoms with Gasteiger partial charge in [0, 0.05) is 13.5 Å². The van der Waals surface area contributed by atoms with Gasteiger partial charge in [0.1, 0.15) is 11.6 Å². The molecule has 86 valence electrons. The summed E-state index contributed by atoms with van der Waals surface area (Å²) in [6, 6.07) is 0. The minimum absolute atomic E-state index is 0.229. The SMILES string of the molecule is C#CCOc1nc(CCC)nc(NC)c1C. The predicted molar refractivity (Wildman–Crippen MR) is 64.6 cm³/mol. The van der Waals surface area contributed by atoms with Crippen molar-refractivity contribution in [3.63, 3.8) is 0 Å². The molecule has 0 bridgehead atoms. The molecule has 4 nitrogen and oxygen atoms in total. The van der Waals surface area contributed by atoms with E-state index in [4.69, 9.17) is 11.2 Å². The number of aromatic nitrogens is 2. The van der Waals surface area contributed by atoms with E-state index in [0.717, 1.165) is 30.0 Å². The molecule has 0 saturated carbocycles. The second-order valence-electron chi connectivity index (χ2n) is 3.41.